The van der Waals surface area contributed by atoms with Crippen LogP contribution in [0.4, 0.5) is 5.82 Å². The van der Waals surface area contributed by atoms with Gasteiger partial charge in [0.1, 0.15) is 11.6 Å². The molecule has 0 spiro atoms. The number of carbonyl (C=O) groups is 1. The zero-order chi connectivity index (χ0) is 17.8. The first-order valence-electron chi connectivity index (χ1n) is 8.07. The summed E-state index contributed by atoms with van der Waals surface area (Å²) < 4.78 is 5.64. The molecular formula is C18H19Cl2N3O2. The van der Waals surface area contributed by atoms with Gasteiger partial charge in [0.25, 0.3) is 5.91 Å². The molecule has 0 unspecified atom stereocenters. The van der Waals surface area contributed by atoms with Crippen LogP contribution < -0.4 is 9.64 Å². The lowest BCUT2D eigenvalue weighted by Crippen LogP contribution is -2.50. The molecule has 2 aromatic rings. The highest BCUT2D eigenvalue weighted by Crippen LogP contribution is 2.25. The van der Waals surface area contributed by atoms with Gasteiger partial charge in [0.2, 0.25) is 0 Å². The third-order valence-corrected chi connectivity index (χ3v) is 4.87. The molecule has 1 fully saturated rings. The summed E-state index contributed by atoms with van der Waals surface area (Å²) in [4.78, 5) is 20.6. The molecule has 3 rings (SSSR count). The number of piperazine rings is 1. The molecule has 1 aromatic heterocycles. The zero-order valence-corrected chi connectivity index (χ0v) is 15.4. The summed E-state index contributed by atoms with van der Waals surface area (Å²) in [5, 5.41) is 1.25. The van der Waals surface area contributed by atoms with E-state index in [1.807, 2.05) is 36.1 Å². The zero-order valence-electron chi connectivity index (χ0n) is 13.9. The van der Waals surface area contributed by atoms with Crippen LogP contribution in [0.2, 0.25) is 10.0 Å². The van der Waals surface area contributed by atoms with Gasteiger partial charge in [-0.05, 0) is 31.2 Å². The number of nitrogens with zero attached hydrogens (tertiary/aromatic N) is 3. The number of ether oxygens (including phenoxy) is 1. The van der Waals surface area contributed by atoms with Crippen molar-refractivity contribution in [1.29, 1.82) is 0 Å². The molecule has 7 heteroatoms. The quantitative estimate of drug-likeness (QED) is 0.816. The molecule has 1 aromatic carbocycles. The first-order chi connectivity index (χ1) is 12.0. The van der Waals surface area contributed by atoms with Gasteiger partial charge in [-0.3, -0.25) is 4.79 Å². The van der Waals surface area contributed by atoms with Crippen molar-refractivity contribution < 1.29 is 9.53 Å². The van der Waals surface area contributed by atoms with Gasteiger partial charge in [-0.1, -0.05) is 29.3 Å². The summed E-state index contributed by atoms with van der Waals surface area (Å²) >= 11 is 11.9. The summed E-state index contributed by atoms with van der Waals surface area (Å²) in [6.45, 7) is 4.63. The monoisotopic (exact) mass is 379 g/mol. The van der Waals surface area contributed by atoms with Gasteiger partial charge in [-0.15, -0.1) is 0 Å². The highest BCUT2D eigenvalue weighted by atomic mass is 35.5. The van der Waals surface area contributed by atoms with Gasteiger partial charge >= 0.3 is 0 Å². The van der Waals surface area contributed by atoms with Crippen molar-refractivity contribution in [2.75, 3.05) is 37.7 Å². The Balaban J connectivity index is 1.51. The maximum Gasteiger partial charge on any atom is 0.260 e. The number of pyridine rings is 1. The largest absolute Gasteiger partial charge is 0.483 e. The minimum Gasteiger partial charge on any atom is -0.483 e. The van der Waals surface area contributed by atoms with Crippen LogP contribution in [0, 0.1) is 6.92 Å². The van der Waals surface area contributed by atoms with E-state index < -0.39 is 0 Å². The van der Waals surface area contributed by atoms with Crippen LogP contribution in [0.5, 0.6) is 5.75 Å². The number of hydrogen-bond donors (Lipinski definition) is 0. The summed E-state index contributed by atoms with van der Waals surface area (Å²) in [5.41, 5.74) is 0.843. The fourth-order valence-corrected chi connectivity index (χ4v) is 2.99. The molecule has 0 saturated carbocycles. The van der Waals surface area contributed by atoms with Crippen molar-refractivity contribution in [3.8, 4) is 5.75 Å². The maximum absolute atomic E-state index is 12.4. The normalized spacial score (nSPS) is 14.5. The van der Waals surface area contributed by atoms with Crippen LogP contribution in [0.25, 0.3) is 0 Å². The lowest BCUT2D eigenvalue weighted by molar-refractivity contribution is -0.133. The Bertz CT molecular complexity index is 744. The Labute approximate surface area is 157 Å². The summed E-state index contributed by atoms with van der Waals surface area (Å²) in [6.07, 6.45) is 1.63. The third-order valence-electron chi connectivity index (χ3n) is 4.24. The van der Waals surface area contributed by atoms with E-state index in [0.717, 1.165) is 24.5 Å². The average Bonchev–Trinajstić information content (AvgIpc) is 2.63. The van der Waals surface area contributed by atoms with Crippen LogP contribution in [0.15, 0.2) is 36.5 Å². The number of aromatic nitrogens is 1. The van der Waals surface area contributed by atoms with E-state index in [0.29, 0.717) is 28.9 Å². The molecule has 2 heterocycles. The Hall–Kier alpha value is -1.98. The topological polar surface area (TPSA) is 45.7 Å². The van der Waals surface area contributed by atoms with Crippen molar-refractivity contribution in [1.82, 2.24) is 9.88 Å². The number of rotatable bonds is 4. The van der Waals surface area contributed by atoms with Crippen molar-refractivity contribution >= 4 is 34.9 Å². The van der Waals surface area contributed by atoms with E-state index in [9.17, 15) is 4.79 Å². The first kappa shape index (κ1) is 17.8. The number of carbonyl (C=O) groups excluding carboxylic acids is 1. The smallest absolute Gasteiger partial charge is 0.260 e. The third kappa shape index (κ3) is 4.35. The Morgan fingerprint density at radius 2 is 1.92 bits per heavy atom. The summed E-state index contributed by atoms with van der Waals surface area (Å²) in [5.74, 6) is 1.50. The van der Waals surface area contributed by atoms with Gasteiger partial charge in [-0.25, -0.2) is 4.98 Å². The van der Waals surface area contributed by atoms with E-state index in [1.165, 1.54) is 0 Å². The van der Waals surface area contributed by atoms with Crippen LogP contribution >= 0.6 is 23.2 Å². The second kappa shape index (κ2) is 7.93. The number of benzene rings is 1. The van der Waals surface area contributed by atoms with Crippen molar-refractivity contribution in [2.45, 2.75) is 6.92 Å². The lowest BCUT2D eigenvalue weighted by atomic mass is 10.2. The average molecular weight is 380 g/mol. The van der Waals surface area contributed by atoms with E-state index in [4.69, 9.17) is 27.9 Å². The molecule has 1 aliphatic heterocycles. The standard InChI is InChI=1S/C18H19Cl2N3O2/c1-13-15(20)3-2-4-16(13)25-12-18(24)23-9-7-22(8-10-23)17-6-5-14(19)11-21-17/h2-6,11H,7-10,12H2,1H3. The van der Waals surface area contributed by atoms with Gasteiger partial charge in [-0.2, -0.15) is 0 Å². The lowest BCUT2D eigenvalue weighted by Gasteiger charge is -2.35. The van der Waals surface area contributed by atoms with Crippen molar-refractivity contribution in [3.63, 3.8) is 0 Å². The molecule has 132 valence electrons. The Kier molecular flexibility index (Phi) is 5.66. The number of halogens is 2. The summed E-state index contributed by atoms with van der Waals surface area (Å²) in [7, 11) is 0. The SMILES string of the molecule is Cc1c(Cl)cccc1OCC(=O)N1CCN(c2ccc(Cl)cn2)CC1. The maximum atomic E-state index is 12.4. The molecular weight excluding hydrogens is 361 g/mol. The van der Waals surface area contributed by atoms with E-state index in [-0.39, 0.29) is 12.5 Å². The first-order valence-corrected chi connectivity index (χ1v) is 8.82. The molecule has 5 nitrogen and oxygen atoms in total. The van der Waals surface area contributed by atoms with Crippen LogP contribution in [-0.4, -0.2) is 48.6 Å². The van der Waals surface area contributed by atoms with Crippen molar-refractivity contribution in [3.05, 3.63) is 52.1 Å². The minimum atomic E-state index is -0.0249. The van der Waals surface area contributed by atoms with Crippen LogP contribution in [0.3, 0.4) is 0 Å². The molecule has 0 N–H and O–H groups in total. The van der Waals surface area contributed by atoms with E-state index in [1.54, 1.807) is 12.3 Å². The molecule has 1 aliphatic rings. The van der Waals surface area contributed by atoms with Crippen molar-refractivity contribution in [2.24, 2.45) is 0 Å². The second-order valence-electron chi connectivity index (χ2n) is 5.85. The highest BCUT2D eigenvalue weighted by Gasteiger charge is 2.22. The molecule has 25 heavy (non-hydrogen) atoms. The fourth-order valence-electron chi connectivity index (χ4n) is 2.71. The molecule has 1 saturated heterocycles. The predicted molar refractivity (Wildman–Crippen MR) is 99.7 cm³/mol. The second-order valence-corrected chi connectivity index (χ2v) is 6.70. The van der Waals surface area contributed by atoms with E-state index >= 15 is 0 Å². The summed E-state index contributed by atoms with van der Waals surface area (Å²) in [6, 6.07) is 9.15. The Morgan fingerprint density at radius 3 is 2.60 bits per heavy atom. The van der Waals surface area contributed by atoms with Gasteiger partial charge in [0.15, 0.2) is 6.61 Å². The molecule has 0 radical (unpaired) electrons. The van der Waals surface area contributed by atoms with Gasteiger partial charge in [0, 0.05) is 43.0 Å². The van der Waals surface area contributed by atoms with Crippen LogP contribution in [0.1, 0.15) is 5.56 Å². The highest BCUT2D eigenvalue weighted by molar-refractivity contribution is 6.31. The van der Waals surface area contributed by atoms with E-state index in [2.05, 4.69) is 9.88 Å². The van der Waals surface area contributed by atoms with Crippen LogP contribution in [-0.2, 0) is 4.79 Å². The Morgan fingerprint density at radius 1 is 1.16 bits per heavy atom. The number of anilines is 1. The molecule has 1 amide bonds. The minimum absolute atomic E-state index is 0.0143. The fraction of sp³-hybridized carbons (Fsp3) is 0.333. The number of hydrogen-bond acceptors (Lipinski definition) is 4. The van der Waals surface area contributed by atoms with Gasteiger partial charge in [0.05, 0.1) is 5.02 Å². The predicted octanol–water partition coefficient (Wildman–Crippen LogP) is 3.42. The molecule has 0 atom stereocenters. The molecule has 0 aliphatic carbocycles. The molecule has 0 bridgehead atoms. The number of amides is 1. The van der Waals surface area contributed by atoms with Gasteiger partial charge < -0.3 is 14.5 Å².